The summed E-state index contributed by atoms with van der Waals surface area (Å²) >= 11 is 0. The van der Waals surface area contributed by atoms with Crippen LogP contribution in [0.5, 0.6) is 0 Å². The molecule has 0 spiro atoms. The van der Waals surface area contributed by atoms with Gasteiger partial charge in [-0.15, -0.1) is 0 Å². The van der Waals surface area contributed by atoms with Gasteiger partial charge < -0.3 is 10.2 Å². The Morgan fingerprint density at radius 2 is 2.17 bits per heavy atom. The molecule has 0 unspecified atom stereocenters. The second-order valence-electron chi connectivity index (χ2n) is 3.84. The van der Waals surface area contributed by atoms with Crippen molar-refractivity contribution >= 4 is 22.8 Å². The van der Waals surface area contributed by atoms with Gasteiger partial charge >= 0.3 is 5.91 Å². The maximum atomic E-state index is 11.6. The van der Waals surface area contributed by atoms with Gasteiger partial charge in [-0.05, 0) is 25.1 Å². The van der Waals surface area contributed by atoms with Gasteiger partial charge in [0.2, 0.25) is 5.91 Å². The highest BCUT2D eigenvalue weighted by Crippen LogP contribution is 2.20. The molecular formula is C12H12N2O4. The fourth-order valence-corrected chi connectivity index (χ4v) is 1.50. The number of benzene rings is 1. The number of nitrogens with two attached hydrogens (primary N) is 1. The molecule has 0 aliphatic carbocycles. The second-order valence-corrected chi connectivity index (χ2v) is 3.84. The number of hydroxylamine groups is 1. The lowest BCUT2D eigenvalue weighted by molar-refractivity contribution is -0.124. The number of rotatable bonds is 4. The van der Waals surface area contributed by atoms with E-state index in [-0.39, 0.29) is 12.4 Å². The lowest BCUT2D eigenvalue weighted by Gasteiger charge is -2.00. The van der Waals surface area contributed by atoms with Gasteiger partial charge in [0.05, 0.1) is 0 Å². The molecule has 6 heteroatoms. The first-order valence-electron chi connectivity index (χ1n) is 5.27. The van der Waals surface area contributed by atoms with Crippen LogP contribution in [-0.2, 0) is 9.63 Å². The van der Waals surface area contributed by atoms with Crippen molar-refractivity contribution in [2.24, 2.45) is 5.73 Å². The van der Waals surface area contributed by atoms with E-state index in [9.17, 15) is 9.59 Å². The van der Waals surface area contributed by atoms with Crippen molar-refractivity contribution in [2.45, 2.75) is 6.92 Å². The normalized spacial score (nSPS) is 10.5. The maximum absolute atomic E-state index is 11.6. The van der Waals surface area contributed by atoms with Crippen molar-refractivity contribution in [3.05, 3.63) is 35.6 Å². The van der Waals surface area contributed by atoms with Crippen LogP contribution in [0.3, 0.4) is 0 Å². The minimum atomic E-state index is -0.671. The zero-order valence-corrected chi connectivity index (χ0v) is 9.73. The van der Waals surface area contributed by atoms with E-state index in [0.717, 1.165) is 10.9 Å². The summed E-state index contributed by atoms with van der Waals surface area (Å²) in [6.07, 6.45) is 0. The smallest absolute Gasteiger partial charge is 0.310 e. The van der Waals surface area contributed by atoms with E-state index >= 15 is 0 Å². The van der Waals surface area contributed by atoms with Crippen LogP contribution >= 0.6 is 0 Å². The molecule has 0 aliphatic rings. The summed E-state index contributed by atoms with van der Waals surface area (Å²) in [5.41, 5.74) is 8.61. The minimum Gasteiger partial charge on any atom is -0.451 e. The van der Waals surface area contributed by atoms with Crippen LogP contribution in [0.15, 0.2) is 28.7 Å². The first-order valence-corrected chi connectivity index (χ1v) is 5.27. The van der Waals surface area contributed by atoms with Crippen LogP contribution in [0.4, 0.5) is 0 Å². The van der Waals surface area contributed by atoms with E-state index < -0.39 is 11.8 Å². The zero-order valence-electron chi connectivity index (χ0n) is 9.73. The molecule has 6 nitrogen and oxygen atoms in total. The van der Waals surface area contributed by atoms with Crippen LogP contribution < -0.4 is 11.2 Å². The monoisotopic (exact) mass is 248 g/mol. The Morgan fingerprint density at radius 3 is 2.89 bits per heavy atom. The molecule has 1 heterocycles. The van der Waals surface area contributed by atoms with Gasteiger partial charge in [0.1, 0.15) is 5.58 Å². The van der Waals surface area contributed by atoms with E-state index in [4.69, 9.17) is 10.2 Å². The third kappa shape index (κ3) is 2.67. The first-order chi connectivity index (χ1) is 8.56. The molecule has 0 radical (unpaired) electrons. The maximum Gasteiger partial charge on any atom is 0.310 e. The Hall–Kier alpha value is -2.34. The molecule has 2 rings (SSSR count). The lowest BCUT2D eigenvalue weighted by atomic mass is 10.2. The molecule has 2 amide bonds. The van der Waals surface area contributed by atoms with Gasteiger partial charge in [0.25, 0.3) is 0 Å². The Balaban J connectivity index is 2.10. The highest BCUT2D eigenvalue weighted by molar-refractivity contribution is 5.95. The Labute approximate surface area is 103 Å². The van der Waals surface area contributed by atoms with Crippen LogP contribution in [0.1, 0.15) is 16.1 Å². The molecule has 0 aliphatic heterocycles. The predicted octanol–water partition coefficient (Wildman–Crippen LogP) is 0.888. The number of nitrogens with one attached hydrogen (secondary N) is 1. The van der Waals surface area contributed by atoms with Gasteiger partial charge in [-0.1, -0.05) is 11.6 Å². The van der Waals surface area contributed by atoms with Gasteiger partial charge in [-0.25, -0.2) is 5.48 Å². The van der Waals surface area contributed by atoms with Gasteiger partial charge in [-0.3, -0.25) is 14.4 Å². The van der Waals surface area contributed by atoms with Crippen LogP contribution in [0.2, 0.25) is 0 Å². The zero-order chi connectivity index (χ0) is 13.1. The molecule has 0 saturated carbocycles. The summed E-state index contributed by atoms with van der Waals surface area (Å²) in [5.74, 6) is -1.12. The molecule has 94 valence electrons. The van der Waals surface area contributed by atoms with E-state index in [0.29, 0.717) is 5.58 Å². The number of furan rings is 1. The van der Waals surface area contributed by atoms with Gasteiger partial charge in [0.15, 0.2) is 12.4 Å². The summed E-state index contributed by atoms with van der Waals surface area (Å²) in [5, 5.41) is 0.829. The molecule has 18 heavy (non-hydrogen) atoms. The highest BCUT2D eigenvalue weighted by Gasteiger charge is 2.12. The molecular weight excluding hydrogens is 236 g/mol. The third-order valence-electron chi connectivity index (χ3n) is 2.27. The molecule has 1 aromatic carbocycles. The lowest BCUT2D eigenvalue weighted by Crippen LogP contribution is -2.29. The Bertz CT molecular complexity index is 603. The molecule has 0 bridgehead atoms. The van der Waals surface area contributed by atoms with Crippen molar-refractivity contribution in [3.63, 3.8) is 0 Å². The summed E-state index contributed by atoms with van der Waals surface area (Å²) in [7, 11) is 0. The molecule has 0 atom stereocenters. The largest absolute Gasteiger partial charge is 0.451 e. The predicted molar refractivity (Wildman–Crippen MR) is 63.6 cm³/mol. The first kappa shape index (κ1) is 12.1. The SMILES string of the molecule is Cc1ccc2oc(C(=O)NOCC(N)=O)cc2c1. The number of carbonyl (C=O) groups excluding carboxylic acids is 2. The molecule has 1 aromatic heterocycles. The highest BCUT2D eigenvalue weighted by atomic mass is 16.7. The van der Waals surface area contributed by atoms with E-state index in [2.05, 4.69) is 10.3 Å². The van der Waals surface area contributed by atoms with Crippen LogP contribution in [0.25, 0.3) is 11.0 Å². The topological polar surface area (TPSA) is 94.6 Å². The minimum absolute atomic E-state index is 0.111. The Morgan fingerprint density at radius 1 is 1.39 bits per heavy atom. The number of amides is 2. The van der Waals surface area contributed by atoms with Crippen LogP contribution in [0, 0.1) is 6.92 Å². The molecule has 0 saturated heterocycles. The van der Waals surface area contributed by atoms with Crippen molar-refractivity contribution in [2.75, 3.05) is 6.61 Å². The van der Waals surface area contributed by atoms with E-state index in [1.165, 1.54) is 0 Å². The standard InChI is InChI=1S/C12H12N2O4/c1-7-2-3-9-8(4-7)5-10(18-9)12(16)14-17-6-11(13)15/h2-5H,6H2,1H3,(H2,13,15)(H,14,16). The summed E-state index contributed by atoms with van der Waals surface area (Å²) in [6, 6.07) is 7.17. The quantitative estimate of drug-likeness (QED) is 0.785. The Kier molecular flexibility index (Phi) is 3.29. The number of aryl methyl sites for hydroxylation is 1. The van der Waals surface area contributed by atoms with E-state index in [1.54, 1.807) is 12.1 Å². The molecule has 0 fully saturated rings. The fourth-order valence-electron chi connectivity index (χ4n) is 1.50. The average molecular weight is 248 g/mol. The van der Waals surface area contributed by atoms with Crippen molar-refractivity contribution < 1.29 is 18.8 Å². The van der Waals surface area contributed by atoms with Crippen molar-refractivity contribution in [1.29, 1.82) is 0 Å². The number of hydrogen-bond acceptors (Lipinski definition) is 4. The number of carbonyl (C=O) groups is 2. The van der Waals surface area contributed by atoms with Gasteiger partial charge in [0, 0.05) is 5.39 Å². The second kappa shape index (κ2) is 4.89. The number of fused-ring (bicyclic) bond motifs is 1. The molecule has 3 N–H and O–H groups in total. The van der Waals surface area contributed by atoms with Crippen molar-refractivity contribution in [1.82, 2.24) is 5.48 Å². The summed E-state index contributed by atoms with van der Waals surface area (Å²) < 4.78 is 5.33. The fraction of sp³-hybridized carbons (Fsp3) is 0.167. The number of hydrogen-bond donors (Lipinski definition) is 2. The number of primary amides is 1. The average Bonchev–Trinajstić information content (AvgIpc) is 2.71. The van der Waals surface area contributed by atoms with E-state index in [1.807, 2.05) is 19.1 Å². The third-order valence-corrected chi connectivity index (χ3v) is 2.27. The molecule has 2 aromatic rings. The summed E-state index contributed by atoms with van der Waals surface area (Å²) in [6.45, 7) is 1.56. The van der Waals surface area contributed by atoms with Crippen LogP contribution in [-0.4, -0.2) is 18.4 Å². The summed E-state index contributed by atoms with van der Waals surface area (Å²) in [4.78, 5) is 26.6. The van der Waals surface area contributed by atoms with Gasteiger partial charge in [-0.2, -0.15) is 0 Å². The van der Waals surface area contributed by atoms with Crippen molar-refractivity contribution in [3.8, 4) is 0 Å².